The van der Waals surface area contributed by atoms with E-state index in [1.54, 1.807) is 0 Å². The third-order valence-corrected chi connectivity index (χ3v) is 3.76. The predicted molar refractivity (Wildman–Crippen MR) is 74.5 cm³/mol. The smallest absolute Gasteiger partial charge is 0.157 e. The van der Waals surface area contributed by atoms with Crippen LogP contribution in [0.2, 0.25) is 0 Å². The summed E-state index contributed by atoms with van der Waals surface area (Å²) in [5.74, 6) is 1.46. The van der Waals surface area contributed by atoms with Crippen molar-refractivity contribution in [2.24, 2.45) is 5.92 Å². The number of aryl methyl sites for hydroxylation is 2. The molecule has 3 rings (SSSR count). The highest BCUT2D eigenvalue weighted by Crippen LogP contribution is 2.24. The number of aliphatic hydroxyl groups excluding tert-OH is 1. The quantitative estimate of drug-likeness (QED) is 0.890. The first-order valence-electron chi connectivity index (χ1n) is 6.87. The number of nitrogens with zero attached hydrogens (tertiary/aromatic N) is 4. The van der Waals surface area contributed by atoms with Gasteiger partial charge in [-0.25, -0.2) is 4.98 Å². The van der Waals surface area contributed by atoms with Gasteiger partial charge in [-0.2, -0.15) is 9.61 Å². The molecule has 0 aromatic carbocycles. The molecular weight excluding hydrogens is 240 g/mol. The van der Waals surface area contributed by atoms with E-state index >= 15 is 0 Å². The van der Waals surface area contributed by atoms with Gasteiger partial charge in [-0.1, -0.05) is 0 Å². The van der Waals surface area contributed by atoms with E-state index < -0.39 is 0 Å². The Labute approximate surface area is 112 Å². The first kappa shape index (κ1) is 12.4. The van der Waals surface area contributed by atoms with Gasteiger partial charge in [-0.3, -0.25) is 0 Å². The number of fused-ring (bicyclic) bond motifs is 1. The Morgan fingerprint density at radius 2 is 2.16 bits per heavy atom. The number of piperidine rings is 1. The minimum absolute atomic E-state index is 0.266. The van der Waals surface area contributed by atoms with Gasteiger partial charge in [0.25, 0.3) is 0 Å². The van der Waals surface area contributed by atoms with E-state index in [1.165, 1.54) is 0 Å². The molecule has 1 aliphatic heterocycles. The summed E-state index contributed by atoms with van der Waals surface area (Å²) in [5, 5.41) is 13.9. The Bertz CT molecular complexity index is 592. The second-order valence-electron chi connectivity index (χ2n) is 5.45. The van der Waals surface area contributed by atoms with Crippen LogP contribution in [0, 0.1) is 19.8 Å². The van der Waals surface area contributed by atoms with Crippen LogP contribution in [-0.4, -0.2) is 39.4 Å². The Morgan fingerprint density at radius 3 is 2.95 bits per heavy atom. The van der Waals surface area contributed by atoms with Gasteiger partial charge in [0.2, 0.25) is 0 Å². The fourth-order valence-corrected chi connectivity index (χ4v) is 2.84. The summed E-state index contributed by atoms with van der Waals surface area (Å²) >= 11 is 0. The molecular formula is C14H20N4O. The van der Waals surface area contributed by atoms with E-state index in [2.05, 4.69) is 21.0 Å². The van der Waals surface area contributed by atoms with Crippen molar-refractivity contribution in [3.63, 3.8) is 0 Å². The lowest BCUT2D eigenvalue weighted by Gasteiger charge is -2.33. The van der Waals surface area contributed by atoms with Crippen LogP contribution >= 0.6 is 0 Å². The van der Waals surface area contributed by atoms with Crippen LogP contribution in [0.3, 0.4) is 0 Å². The minimum Gasteiger partial charge on any atom is -0.396 e. The second kappa shape index (κ2) is 4.81. The molecule has 2 aromatic heterocycles. The van der Waals surface area contributed by atoms with E-state index in [0.29, 0.717) is 5.92 Å². The van der Waals surface area contributed by atoms with Crippen molar-refractivity contribution in [2.45, 2.75) is 26.7 Å². The molecule has 1 saturated heterocycles. The van der Waals surface area contributed by atoms with Crippen LogP contribution in [-0.2, 0) is 0 Å². The predicted octanol–water partition coefficient (Wildman–Crippen LogP) is 1.55. The molecule has 1 N–H and O–H groups in total. The average molecular weight is 260 g/mol. The third kappa shape index (κ3) is 2.30. The molecule has 5 nitrogen and oxygen atoms in total. The van der Waals surface area contributed by atoms with Gasteiger partial charge in [0, 0.05) is 37.5 Å². The Balaban J connectivity index is 2.03. The largest absolute Gasteiger partial charge is 0.396 e. The maximum Gasteiger partial charge on any atom is 0.157 e. The molecule has 2 aromatic rings. The zero-order valence-electron chi connectivity index (χ0n) is 11.5. The topological polar surface area (TPSA) is 53.7 Å². The molecule has 102 valence electrons. The molecule has 1 atom stereocenters. The van der Waals surface area contributed by atoms with Crippen molar-refractivity contribution in [2.75, 3.05) is 24.6 Å². The maximum atomic E-state index is 9.37. The lowest BCUT2D eigenvalue weighted by Crippen LogP contribution is -2.38. The normalized spacial score (nSPS) is 20.2. The van der Waals surface area contributed by atoms with Crippen molar-refractivity contribution in [3.8, 4) is 0 Å². The molecule has 0 spiro atoms. The molecule has 0 amide bonds. The highest BCUT2D eigenvalue weighted by molar-refractivity contribution is 5.52. The summed E-state index contributed by atoms with van der Waals surface area (Å²) < 4.78 is 1.92. The number of aromatic nitrogens is 3. The molecule has 3 heterocycles. The summed E-state index contributed by atoms with van der Waals surface area (Å²) in [4.78, 5) is 6.83. The first-order valence-corrected chi connectivity index (χ1v) is 6.87. The van der Waals surface area contributed by atoms with E-state index in [0.717, 1.165) is 48.8 Å². The van der Waals surface area contributed by atoms with E-state index in [1.807, 2.05) is 24.4 Å². The van der Waals surface area contributed by atoms with Gasteiger partial charge in [-0.05, 0) is 32.6 Å². The molecule has 1 fully saturated rings. The van der Waals surface area contributed by atoms with Gasteiger partial charge in [-0.15, -0.1) is 0 Å². The van der Waals surface area contributed by atoms with Crippen molar-refractivity contribution in [1.29, 1.82) is 0 Å². The van der Waals surface area contributed by atoms with Gasteiger partial charge >= 0.3 is 0 Å². The number of anilines is 1. The molecule has 0 radical (unpaired) electrons. The SMILES string of the molecule is Cc1cc(N2CCCC(CO)C2)n2nc(C)cc2n1. The van der Waals surface area contributed by atoms with Gasteiger partial charge in [0.1, 0.15) is 5.82 Å². The number of aliphatic hydroxyl groups is 1. The fraction of sp³-hybridized carbons (Fsp3) is 0.571. The van der Waals surface area contributed by atoms with Gasteiger partial charge < -0.3 is 10.0 Å². The molecule has 1 aliphatic rings. The summed E-state index contributed by atoms with van der Waals surface area (Å²) in [6, 6.07) is 4.09. The molecule has 1 unspecified atom stereocenters. The zero-order valence-corrected chi connectivity index (χ0v) is 11.5. The van der Waals surface area contributed by atoms with Gasteiger partial charge in [0.15, 0.2) is 5.65 Å². The van der Waals surface area contributed by atoms with Crippen LogP contribution in [0.5, 0.6) is 0 Å². The van der Waals surface area contributed by atoms with Crippen LogP contribution in [0.25, 0.3) is 5.65 Å². The summed E-state index contributed by atoms with van der Waals surface area (Å²) in [7, 11) is 0. The monoisotopic (exact) mass is 260 g/mol. The van der Waals surface area contributed by atoms with E-state index in [-0.39, 0.29) is 6.61 Å². The maximum absolute atomic E-state index is 9.37. The number of rotatable bonds is 2. The Kier molecular flexibility index (Phi) is 3.14. The highest BCUT2D eigenvalue weighted by Gasteiger charge is 2.22. The van der Waals surface area contributed by atoms with Crippen LogP contribution < -0.4 is 4.90 Å². The summed E-state index contributed by atoms with van der Waals surface area (Å²) in [6.45, 7) is 6.18. The molecule has 19 heavy (non-hydrogen) atoms. The van der Waals surface area contributed by atoms with E-state index in [9.17, 15) is 5.11 Å². The average Bonchev–Trinajstić information content (AvgIpc) is 2.78. The third-order valence-electron chi connectivity index (χ3n) is 3.76. The number of hydrogen-bond donors (Lipinski definition) is 1. The van der Waals surface area contributed by atoms with Crippen LogP contribution in [0.4, 0.5) is 5.82 Å². The second-order valence-corrected chi connectivity index (χ2v) is 5.45. The lowest BCUT2D eigenvalue weighted by molar-refractivity contribution is 0.208. The first-order chi connectivity index (χ1) is 9.17. The summed E-state index contributed by atoms with van der Waals surface area (Å²) in [5.41, 5.74) is 2.89. The van der Waals surface area contributed by atoms with Crippen LogP contribution in [0.1, 0.15) is 24.2 Å². The lowest BCUT2D eigenvalue weighted by atomic mass is 9.99. The fourth-order valence-electron chi connectivity index (χ4n) is 2.84. The van der Waals surface area contributed by atoms with E-state index in [4.69, 9.17) is 0 Å². The van der Waals surface area contributed by atoms with Crippen molar-refractivity contribution < 1.29 is 5.11 Å². The minimum atomic E-state index is 0.266. The van der Waals surface area contributed by atoms with Crippen molar-refractivity contribution in [1.82, 2.24) is 14.6 Å². The Morgan fingerprint density at radius 1 is 1.32 bits per heavy atom. The Hall–Kier alpha value is -1.62. The van der Waals surface area contributed by atoms with Gasteiger partial charge in [0.05, 0.1) is 5.69 Å². The molecule has 5 heteroatoms. The van der Waals surface area contributed by atoms with Crippen LogP contribution in [0.15, 0.2) is 12.1 Å². The standard InChI is InChI=1S/C14H20N4O/c1-10-7-14(17-5-3-4-12(8-17)9-19)18-13(15-10)6-11(2)16-18/h6-7,12,19H,3-5,8-9H2,1-2H3. The molecule has 0 saturated carbocycles. The zero-order chi connectivity index (χ0) is 13.4. The number of hydrogen-bond acceptors (Lipinski definition) is 4. The molecule has 0 bridgehead atoms. The summed E-state index contributed by atoms with van der Waals surface area (Å²) in [6.07, 6.45) is 2.23. The van der Waals surface area contributed by atoms with Crippen molar-refractivity contribution >= 4 is 11.5 Å². The molecule has 0 aliphatic carbocycles. The highest BCUT2D eigenvalue weighted by atomic mass is 16.3. The van der Waals surface area contributed by atoms with Crippen molar-refractivity contribution in [3.05, 3.63) is 23.5 Å².